The van der Waals surface area contributed by atoms with Crippen molar-refractivity contribution >= 4 is 39.1 Å². The van der Waals surface area contributed by atoms with Crippen molar-refractivity contribution in [3.05, 3.63) is 34.4 Å². The van der Waals surface area contributed by atoms with Crippen molar-refractivity contribution < 1.29 is 18.1 Å². The lowest BCUT2D eigenvalue weighted by molar-refractivity contribution is -0.384. The van der Waals surface area contributed by atoms with E-state index < -0.39 is 14.9 Å². The summed E-state index contributed by atoms with van der Waals surface area (Å²) in [6.07, 6.45) is 6.70. The summed E-state index contributed by atoms with van der Waals surface area (Å²) in [6, 6.07) is 5.48. The third-order valence-corrected chi connectivity index (χ3v) is 7.15. The lowest BCUT2D eigenvalue weighted by atomic mass is 10.2. The molecule has 0 aliphatic heterocycles. The van der Waals surface area contributed by atoms with E-state index in [2.05, 4.69) is 5.32 Å². The molecule has 0 aromatic heterocycles. The molecule has 0 heterocycles. The molecule has 1 N–H and O–H groups in total. The largest absolute Gasteiger partial charge is 0.355 e. The fourth-order valence-electron chi connectivity index (χ4n) is 3.19. The number of hydrogen-bond acceptors (Lipinski definition) is 6. The monoisotopic (exact) mass is 429 g/mol. The third kappa shape index (κ3) is 7.31. The predicted molar refractivity (Wildman–Crippen MR) is 112 cm³/mol. The Bertz CT molecular complexity index is 779. The zero-order chi connectivity index (χ0) is 20.6. The molecule has 1 fully saturated rings. The van der Waals surface area contributed by atoms with Gasteiger partial charge in [-0.05, 0) is 25.3 Å². The van der Waals surface area contributed by atoms with E-state index in [1.165, 1.54) is 49.9 Å². The minimum atomic E-state index is -3.61. The second-order valence-corrected chi connectivity index (χ2v) is 10.2. The number of hydrogen-bond donors (Lipinski definition) is 1. The number of carbonyl (C=O) groups is 1. The summed E-state index contributed by atoms with van der Waals surface area (Å²) in [5.74, 6) is 0.777. The molecule has 1 amide bonds. The third-order valence-electron chi connectivity index (χ3n) is 4.57. The molecular formula is C18H27N3O5S2. The quantitative estimate of drug-likeness (QED) is 0.329. The topological polar surface area (TPSA) is 110 Å². The Hall–Kier alpha value is -1.81. The van der Waals surface area contributed by atoms with Crippen molar-refractivity contribution in [1.82, 2.24) is 5.32 Å². The van der Waals surface area contributed by atoms with Crippen LogP contribution in [0.5, 0.6) is 0 Å². The first-order valence-corrected chi connectivity index (χ1v) is 12.3. The van der Waals surface area contributed by atoms with Crippen LogP contribution in [0.3, 0.4) is 0 Å². The maximum Gasteiger partial charge on any atom is 0.271 e. The first kappa shape index (κ1) is 22.5. The zero-order valence-electron chi connectivity index (χ0n) is 16.0. The highest BCUT2D eigenvalue weighted by molar-refractivity contribution is 7.99. The van der Waals surface area contributed by atoms with Crippen LogP contribution in [0.4, 0.5) is 11.4 Å². The first-order valence-electron chi connectivity index (χ1n) is 9.38. The van der Waals surface area contributed by atoms with Gasteiger partial charge < -0.3 is 5.32 Å². The average molecular weight is 430 g/mol. The molecule has 0 radical (unpaired) electrons. The molecule has 2 rings (SSSR count). The lowest BCUT2D eigenvalue weighted by Crippen LogP contribution is -2.32. The van der Waals surface area contributed by atoms with Gasteiger partial charge in [0.25, 0.3) is 5.69 Å². The highest BCUT2D eigenvalue weighted by atomic mass is 32.2. The maximum absolute atomic E-state index is 12.1. The maximum atomic E-state index is 12.1. The van der Waals surface area contributed by atoms with Crippen LogP contribution < -0.4 is 9.62 Å². The fraction of sp³-hybridized carbons (Fsp3) is 0.611. The van der Waals surface area contributed by atoms with Gasteiger partial charge in [0.05, 0.1) is 16.9 Å². The Morgan fingerprint density at radius 1 is 1.36 bits per heavy atom. The van der Waals surface area contributed by atoms with Gasteiger partial charge in [-0.3, -0.25) is 19.2 Å². The predicted octanol–water partition coefficient (Wildman–Crippen LogP) is 2.93. The molecular weight excluding hydrogens is 402 g/mol. The molecule has 10 heteroatoms. The summed E-state index contributed by atoms with van der Waals surface area (Å²) >= 11 is 1.90. The summed E-state index contributed by atoms with van der Waals surface area (Å²) in [7, 11) is -3.61. The number of nitrogens with zero attached hydrogens (tertiary/aromatic N) is 2. The van der Waals surface area contributed by atoms with Crippen molar-refractivity contribution in [2.24, 2.45) is 0 Å². The van der Waals surface area contributed by atoms with Gasteiger partial charge >= 0.3 is 0 Å². The Balaban J connectivity index is 1.79. The number of thioether (sulfide) groups is 1. The van der Waals surface area contributed by atoms with E-state index >= 15 is 0 Å². The Labute approximate surface area is 170 Å². The van der Waals surface area contributed by atoms with Gasteiger partial charge in [0.15, 0.2) is 0 Å². The van der Waals surface area contributed by atoms with E-state index in [4.69, 9.17) is 0 Å². The molecule has 28 heavy (non-hydrogen) atoms. The van der Waals surface area contributed by atoms with Gasteiger partial charge in [-0.15, -0.1) is 0 Å². The average Bonchev–Trinajstić information content (AvgIpc) is 3.15. The van der Waals surface area contributed by atoms with Crippen LogP contribution in [0.15, 0.2) is 24.3 Å². The minimum absolute atomic E-state index is 0.0875. The van der Waals surface area contributed by atoms with Gasteiger partial charge in [-0.2, -0.15) is 11.8 Å². The van der Waals surface area contributed by atoms with E-state index in [-0.39, 0.29) is 30.2 Å². The Morgan fingerprint density at radius 2 is 2.07 bits per heavy atom. The lowest BCUT2D eigenvalue weighted by Gasteiger charge is -2.22. The van der Waals surface area contributed by atoms with Crippen LogP contribution in [-0.2, 0) is 14.8 Å². The smallest absolute Gasteiger partial charge is 0.271 e. The molecule has 1 saturated carbocycles. The molecule has 0 unspecified atom stereocenters. The zero-order valence-corrected chi connectivity index (χ0v) is 17.6. The highest BCUT2D eigenvalue weighted by Crippen LogP contribution is 2.29. The summed E-state index contributed by atoms with van der Waals surface area (Å²) in [5, 5.41) is 14.5. The molecule has 0 saturated heterocycles. The summed E-state index contributed by atoms with van der Waals surface area (Å²) in [4.78, 5) is 22.3. The van der Waals surface area contributed by atoms with Crippen molar-refractivity contribution in [3.63, 3.8) is 0 Å². The molecule has 1 aliphatic rings. The van der Waals surface area contributed by atoms with E-state index in [1.54, 1.807) is 0 Å². The summed E-state index contributed by atoms with van der Waals surface area (Å²) < 4.78 is 25.3. The van der Waals surface area contributed by atoms with E-state index in [0.29, 0.717) is 13.0 Å². The van der Waals surface area contributed by atoms with Gasteiger partial charge in [0, 0.05) is 42.6 Å². The van der Waals surface area contributed by atoms with Crippen LogP contribution in [0.1, 0.15) is 38.5 Å². The number of benzene rings is 1. The molecule has 156 valence electrons. The second kappa shape index (κ2) is 10.7. The van der Waals surface area contributed by atoms with Gasteiger partial charge in [-0.1, -0.05) is 18.9 Å². The number of nitro benzene ring substituents is 1. The molecule has 0 bridgehead atoms. The summed E-state index contributed by atoms with van der Waals surface area (Å²) in [5.41, 5.74) is 0.0497. The minimum Gasteiger partial charge on any atom is -0.355 e. The molecule has 0 spiro atoms. The van der Waals surface area contributed by atoms with E-state index in [0.717, 1.165) is 21.6 Å². The number of rotatable bonds is 11. The van der Waals surface area contributed by atoms with Crippen molar-refractivity contribution in [2.45, 2.75) is 43.8 Å². The van der Waals surface area contributed by atoms with Crippen LogP contribution in [0, 0.1) is 10.1 Å². The van der Waals surface area contributed by atoms with Crippen molar-refractivity contribution in [1.29, 1.82) is 0 Å². The van der Waals surface area contributed by atoms with Gasteiger partial charge in [0.2, 0.25) is 15.9 Å². The second-order valence-electron chi connectivity index (χ2n) is 6.84. The van der Waals surface area contributed by atoms with Crippen LogP contribution in [0.25, 0.3) is 0 Å². The number of carbonyl (C=O) groups excluding carboxylic acids is 1. The van der Waals surface area contributed by atoms with Gasteiger partial charge in [0.1, 0.15) is 0 Å². The molecule has 8 nitrogen and oxygen atoms in total. The SMILES string of the molecule is CS(=O)(=O)N(CCCC(=O)NCCSC1CCCC1)c1cccc([N+](=O)[O-])c1. The standard InChI is InChI=1S/C18H27N3O5S2/c1-28(25,26)20(15-6-4-7-16(14-15)21(23)24)12-5-10-18(22)19-11-13-27-17-8-2-3-9-17/h4,6-7,14,17H,2-3,5,8-13H2,1H3,(H,19,22). The van der Waals surface area contributed by atoms with Gasteiger partial charge in [-0.25, -0.2) is 8.42 Å². The van der Waals surface area contributed by atoms with E-state index in [1.807, 2.05) is 11.8 Å². The van der Waals surface area contributed by atoms with Crippen LogP contribution in [-0.4, -0.2) is 49.6 Å². The Kier molecular flexibility index (Phi) is 8.56. The number of nitrogens with one attached hydrogen (secondary N) is 1. The highest BCUT2D eigenvalue weighted by Gasteiger charge is 2.20. The molecule has 1 aromatic rings. The number of non-ortho nitro benzene ring substituents is 1. The number of nitro groups is 1. The van der Waals surface area contributed by atoms with Crippen molar-refractivity contribution in [2.75, 3.05) is 29.4 Å². The molecule has 1 aromatic carbocycles. The number of amides is 1. The molecule has 1 aliphatic carbocycles. The number of anilines is 1. The van der Waals surface area contributed by atoms with Crippen LogP contribution >= 0.6 is 11.8 Å². The fourth-order valence-corrected chi connectivity index (χ4v) is 5.37. The molecule has 0 atom stereocenters. The van der Waals surface area contributed by atoms with Crippen molar-refractivity contribution in [3.8, 4) is 0 Å². The Morgan fingerprint density at radius 3 is 2.71 bits per heavy atom. The normalized spacial score (nSPS) is 14.8. The first-order chi connectivity index (χ1) is 13.3. The summed E-state index contributed by atoms with van der Waals surface area (Å²) in [6.45, 7) is 0.699. The van der Waals surface area contributed by atoms with E-state index in [9.17, 15) is 23.3 Å². The number of sulfonamides is 1. The van der Waals surface area contributed by atoms with Crippen LogP contribution in [0.2, 0.25) is 0 Å².